The van der Waals surface area contributed by atoms with E-state index in [2.05, 4.69) is 4.98 Å². The number of aromatic amines is 1. The molecule has 3 aromatic carbocycles. The molecule has 1 fully saturated rings. The Balaban J connectivity index is 1.38. The minimum Gasteiger partial charge on any atom is -0.484 e. The highest BCUT2D eigenvalue weighted by Gasteiger charge is 2.44. The predicted octanol–water partition coefficient (Wildman–Crippen LogP) is 3.82. The molecule has 1 aliphatic rings. The van der Waals surface area contributed by atoms with Crippen molar-refractivity contribution in [3.05, 3.63) is 96.2 Å². The zero-order valence-corrected chi connectivity index (χ0v) is 20.0. The molecule has 1 atom stereocenters. The Morgan fingerprint density at radius 2 is 1.76 bits per heavy atom. The van der Waals surface area contributed by atoms with Gasteiger partial charge in [-0.1, -0.05) is 36.4 Å². The highest BCUT2D eigenvalue weighted by Crippen LogP contribution is 2.27. The molecule has 2 heterocycles. The molecule has 0 saturated carbocycles. The van der Waals surface area contributed by atoms with Crippen molar-refractivity contribution in [3.8, 4) is 11.8 Å². The predicted molar refractivity (Wildman–Crippen MR) is 138 cm³/mol. The van der Waals surface area contributed by atoms with Crippen molar-refractivity contribution in [2.24, 2.45) is 0 Å². The topological polar surface area (TPSA) is 106 Å². The molecule has 1 N–H and O–H groups in total. The van der Waals surface area contributed by atoms with Crippen LogP contribution in [0.4, 0.5) is 5.69 Å². The fourth-order valence-corrected chi connectivity index (χ4v) is 4.59. The number of carbonyl (C=O) groups excluding carboxylic acids is 3. The lowest BCUT2D eigenvalue weighted by atomic mass is 10.1. The molecule has 5 rings (SSSR count). The average molecular weight is 493 g/mol. The highest BCUT2D eigenvalue weighted by atomic mass is 16.5. The van der Waals surface area contributed by atoms with E-state index >= 15 is 0 Å². The van der Waals surface area contributed by atoms with Crippen molar-refractivity contribution in [3.63, 3.8) is 0 Å². The third-order valence-electron chi connectivity index (χ3n) is 6.48. The van der Waals surface area contributed by atoms with E-state index in [9.17, 15) is 14.4 Å². The van der Waals surface area contributed by atoms with Crippen LogP contribution >= 0.6 is 0 Å². The van der Waals surface area contributed by atoms with Gasteiger partial charge in [0.25, 0.3) is 11.8 Å². The van der Waals surface area contributed by atoms with Crippen molar-refractivity contribution in [1.29, 1.82) is 5.26 Å². The first-order chi connectivity index (χ1) is 18.0. The molecular weight excluding hydrogens is 468 g/mol. The van der Waals surface area contributed by atoms with Gasteiger partial charge in [0, 0.05) is 23.6 Å². The first-order valence-electron chi connectivity index (χ1n) is 11.9. The lowest BCUT2D eigenvalue weighted by Crippen LogP contribution is -2.48. The number of ether oxygens (including phenoxy) is 1. The molecule has 0 radical (unpaired) electrons. The Kier molecular flexibility index (Phi) is 6.68. The van der Waals surface area contributed by atoms with E-state index in [-0.39, 0.29) is 25.5 Å². The van der Waals surface area contributed by atoms with Gasteiger partial charge in [0.05, 0.1) is 23.7 Å². The number of amides is 3. The molecular formula is C29H24N4O4. The second-order valence-electron chi connectivity index (χ2n) is 8.74. The van der Waals surface area contributed by atoms with Crippen LogP contribution in [0.2, 0.25) is 0 Å². The first-order valence-corrected chi connectivity index (χ1v) is 11.9. The Morgan fingerprint density at radius 3 is 2.51 bits per heavy atom. The molecule has 0 spiro atoms. The number of nitriles is 1. The van der Waals surface area contributed by atoms with Gasteiger partial charge in [-0.15, -0.1) is 0 Å². The summed E-state index contributed by atoms with van der Waals surface area (Å²) >= 11 is 0. The number of nitrogens with one attached hydrogen (secondary N) is 1. The van der Waals surface area contributed by atoms with Gasteiger partial charge < -0.3 is 14.6 Å². The van der Waals surface area contributed by atoms with Crippen LogP contribution in [0, 0.1) is 11.3 Å². The number of hydrogen-bond acceptors (Lipinski definition) is 5. The van der Waals surface area contributed by atoms with E-state index in [0.29, 0.717) is 23.4 Å². The van der Waals surface area contributed by atoms with Crippen LogP contribution in [-0.2, 0) is 20.8 Å². The molecule has 3 amide bonds. The molecule has 1 aliphatic heterocycles. The number of anilines is 1. The first kappa shape index (κ1) is 23.8. The molecule has 4 aromatic rings. The normalized spacial score (nSPS) is 15.1. The van der Waals surface area contributed by atoms with E-state index in [0.717, 1.165) is 21.4 Å². The number of hydrogen-bond donors (Lipinski definition) is 1. The fraction of sp³-hybridized carbons (Fsp3) is 0.172. The summed E-state index contributed by atoms with van der Waals surface area (Å²) in [6.45, 7) is -0.0174. The molecule has 184 valence electrons. The number of carbonyl (C=O) groups is 3. The van der Waals surface area contributed by atoms with Crippen molar-refractivity contribution < 1.29 is 19.1 Å². The monoisotopic (exact) mass is 492 g/mol. The summed E-state index contributed by atoms with van der Waals surface area (Å²) in [5, 5.41) is 10.1. The number of H-pyrrole nitrogens is 1. The van der Waals surface area contributed by atoms with Crippen LogP contribution in [0.5, 0.6) is 5.75 Å². The van der Waals surface area contributed by atoms with E-state index in [1.165, 1.54) is 4.90 Å². The van der Waals surface area contributed by atoms with E-state index in [4.69, 9.17) is 10.00 Å². The highest BCUT2D eigenvalue weighted by molar-refractivity contribution is 6.23. The van der Waals surface area contributed by atoms with Gasteiger partial charge in [0.15, 0.2) is 6.61 Å². The minimum absolute atomic E-state index is 0.121. The van der Waals surface area contributed by atoms with Crippen molar-refractivity contribution >= 4 is 34.3 Å². The van der Waals surface area contributed by atoms with Crippen LogP contribution in [0.15, 0.2) is 85.1 Å². The van der Waals surface area contributed by atoms with Gasteiger partial charge in [-0.2, -0.15) is 5.26 Å². The van der Waals surface area contributed by atoms with Gasteiger partial charge in [-0.3, -0.25) is 14.4 Å². The molecule has 1 saturated heterocycles. The van der Waals surface area contributed by atoms with Gasteiger partial charge in [-0.05, 0) is 54.4 Å². The van der Waals surface area contributed by atoms with Gasteiger partial charge in [-0.25, -0.2) is 4.90 Å². The number of nitrogens with zero attached hydrogens (tertiary/aromatic N) is 3. The fourth-order valence-electron chi connectivity index (χ4n) is 4.59. The zero-order chi connectivity index (χ0) is 25.8. The smallest absolute Gasteiger partial charge is 0.261 e. The van der Waals surface area contributed by atoms with E-state index < -0.39 is 17.9 Å². The lowest BCUT2D eigenvalue weighted by molar-refractivity contribution is -0.140. The van der Waals surface area contributed by atoms with E-state index in [1.807, 2.05) is 54.7 Å². The van der Waals surface area contributed by atoms with Crippen molar-refractivity contribution in [2.45, 2.75) is 18.9 Å². The quantitative estimate of drug-likeness (QED) is 0.377. The van der Waals surface area contributed by atoms with Crippen LogP contribution < -0.4 is 9.64 Å². The molecule has 8 nitrogen and oxygen atoms in total. The Labute approximate surface area is 213 Å². The maximum absolute atomic E-state index is 13.5. The summed E-state index contributed by atoms with van der Waals surface area (Å²) in [6, 6.07) is 24.1. The number of imide groups is 1. The van der Waals surface area contributed by atoms with E-state index in [1.54, 1.807) is 36.4 Å². The number of para-hydroxylation sites is 2. The number of fused-ring (bicyclic) bond motifs is 1. The van der Waals surface area contributed by atoms with Crippen LogP contribution in [0.1, 0.15) is 17.5 Å². The summed E-state index contributed by atoms with van der Waals surface area (Å²) in [6.07, 6.45) is 2.28. The maximum Gasteiger partial charge on any atom is 0.261 e. The summed E-state index contributed by atoms with van der Waals surface area (Å²) in [4.78, 5) is 45.6. The Bertz CT molecular complexity index is 1490. The molecule has 1 unspecified atom stereocenters. The third-order valence-corrected chi connectivity index (χ3v) is 6.48. The van der Waals surface area contributed by atoms with Crippen molar-refractivity contribution in [2.75, 3.05) is 18.1 Å². The largest absolute Gasteiger partial charge is 0.484 e. The summed E-state index contributed by atoms with van der Waals surface area (Å²) < 4.78 is 5.68. The SMILES string of the molecule is N#Cc1ccc(N2C(=O)CC(N(CCc3c[nH]c4ccccc34)C(=O)COc3ccccc3)C2=O)cc1. The molecule has 0 bridgehead atoms. The summed E-state index contributed by atoms with van der Waals surface area (Å²) in [5.74, 6) is -0.702. The van der Waals surface area contributed by atoms with Gasteiger partial charge in [0.2, 0.25) is 5.91 Å². The molecule has 0 aliphatic carbocycles. The van der Waals surface area contributed by atoms with Crippen molar-refractivity contribution in [1.82, 2.24) is 9.88 Å². The van der Waals surface area contributed by atoms with Gasteiger partial charge >= 0.3 is 0 Å². The van der Waals surface area contributed by atoms with Crippen LogP contribution in [0.25, 0.3) is 10.9 Å². The Morgan fingerprint density at radius 1 is 1.03 bits per heavy atom. The zero-order valence-electron chi connectivity index (χ0n) is 20.0. The second-order valence-corrected chi connectivity index (χ2v) is 8.74. The average Bonchev–Trinajstić information content (AvgIpc) is 3.48. The van der Waals surface area contributed by atoms with Crippen LogP contribution in [-0.4, -0.2) is 46.8 Å². The molecule has 37 heavy (non-hydrogen) atoms. The number of aromatic nitrogens is 1. The summed E-state index contributed by atoms with van der Waals surface area (Å²) in [5.41, 5.74) is 2.80. The maximum atomic E-state index is 13.5. The Hall–Kier alpha value is -4.90. The van der Waals surface area contributed by atoms with Gasteiger partial charge in [0.1, 0.15) is 11.8 Å². The standard InChI is InChI=1S/C29H24N4O4/c30-17-20-10-12-22(13-11-20)33-27(34)16-26(29(33)36)32(28(35)19-37-23-6-2-1-3-7-23)15-14-21-18-31-25-9-5-4-8-24(21)25/h1-13,18,26,31H,14-16,19H2. The molecule has 8 heteroatoms. The second kappa shape index (κ2) is 10.4. The van der Waals surface area contributed by atoms with Crippen LogP contribution in [0.3, 0.4) is 0 Å². The lowest BCUT2D eigenvalue weighted by Gasteiger charge is -2.27. The number of rotatable bonds is 8. The number of benzene rings is 3. The third kappa shape index (κ3) is 4.93. The molecule has 1 aromatic heterocycles. The summed E-state index contributed by atoms with van der Waals surface area (Å²) in [7, 11) is 0. The minimum atomic E-state index is -0.944.